The summed E-state index contributed by atoms with van der Waals surface area (Å²) in [4.78, 5) is 4.35. The molecule has 1 heterocycles. The van der Waals surface area contributed by atoms with Crippen LogP contribution in [0.1, 0.15) is 5.56 Å². The topological polar surface area (TPSA) is 68.4 Å². The van der Waals surface area contributed by atoms with Gasteiger partial charge in [-0.05, 0) is 24.6 Å². The number of para-hydroxylation sites is 1. The zero-order valence-electron chi connectivity index (χ0n) is 11.7. The second-order valence-corrected chi connectivity index (χ2v) is 4.59. The van der Waals surface area contributed by atoms with Crippen molar-refractivity contribution < 1.29 is 14.4 Å². The molecule has 3 aromatic rings. The minimum Gasteiger partial charge on any atom is -0.504 e. The molecule has 0 radical (unpaired) electrons. The van der Waals surface area contributed by atoms with Crippen molar-refractivity contribution in [1.82, 2.24) is 10.1 Å². The second kappa shape index (κ2) is 5.28. The van der Waals surface area contributed by atoms with Crippen molar-refractivity contribution in [3.8, 4) is 34.3 Å². The summed E-state index contributed by atoms with van der Waals surface area (Å²) in [6, 6.07) is 12.9. The average Bonchev–Trinajstić information content (AvgIpc) is 2.97. The van der Waals surface area contributed by atoms with E-state index in [1.54, 1.807) is 18.2 Å². The highest BCUT2D eigenvalue weighted by Gasteiger charge is 2.17. The fraction of sp³-hybridized carbons (Fsp3) is 0.125. The van der Waals surface area contributed by atoms with Crippen molar-refractivity contribution in [1.29, 1.82) is 0 Å². The first-order chi connectivity index (χ1) is 10.2. The van der Waals surface area contributed by atoms with E-state index in [0.717, 1.165) is 11.1 Å². The van der Waals surface area contributed by atoms with Crippen LogP contribution in [-0.4, -0.2) is 22.4 Å². The zero-order valence-corrected chi connectivity index (χ0v) is 11.7. The molecule has 0 aliphatic carbocycles. The number of methoxy groups -OCH3 is 1. The standard InChI is InChI=1S/C16H14N2O3/c1-10-6-3-4-7-11(10)15-17-16(21-18-15)12-8-5-9-13(20-2)14(12)19/h3-9,19H,1-2H3. The smallest absolute Gasteiger partial charge is 0.262 e. The number of hydrogen-bond donors (Lipinski definition) is 1. The van der Waals surface area contributed by atoms with Crippen LogP contribution < -0.4 is 4.74 Å². The van der Waals surface area contributed by atoms with E-state index in [-0.39, 0.29) is 11.6 Å². The number of ether oxygens (including phenoxy) is 1. The molecule has 0 atom stereocenters. The highest BCUT2D eigenvalue weighted by atomic mass is 16.5. The molecule has 3 rings (SSSR count). The molecule has 0 saturated heterocycles. The van der Waals surface area contributed by atoms with Gasteiger partial charge < -0.3 is 14.4 Å². The lowest BCUT2D eigenvalue weighted by atomic mass is 10.1. The monoisotopic (exact) mass is 282 g/mol. The van der Waals surface area contributed by atoms with Crippen molar-refractivity contribution in [2.75, 3.05) is 7.11 Å². The Balaban J connectivity index is 2.05. The third-order valence-corrected chi connectivity index (χ3v) is 3.26. The molecule has 0 amide bonds. The van der Waals surface area contributed by atoms with Gasteiger partial charge in [0.15, 0.2) is 11.5 Å². The summed E-state index contributed by atoms with van der Waals surface area (Å²) in [6.07, 6.45) is 0. The van der Waals surface area contributed by atoms with E-state index < -0.39 is 0 Å². The molecule has 0 aliphatic heterocycles. The Hall–Kier alpha value is -2.82. The summed E-state index contributed by atoms with van der Waals surface area (Å²) in [5.74, 6) is 1.10. The summed E-state index contributed by atoms with van der Waals surface area (Å²) in [6.45, 7) is 1.98. The summed E-state index contributed by atoms with van der Waals surface area (Å²) < 4.78 is 10.3. The molecule has 21 heavy (non-hydrogen) atoms. The van der Waals surface area contributed by atoms with Gasteiger partial charge in [0.25, 0.3) is 5.89 Å². The quantitative estimate of drug-likeness (QED) is 0.797. The maximum Gasteiger partial charge on any atom is 0.262 e. The molecular weight excluding hydrogens is 268 g/mol. The highest BCUT2D eigenvalue weighted by Crippen LogP contribution is 2.36. The average molecular weight is 282 g/mol. The van der Waals surface area contributed by atoms with Crippen LogP contribution in [0, 0.1) is 6.92 Å². The van der Waals surface area contributed by atoms with Gasteiger partial charge >= 0.3 is 0 Å². The lowest BCUT2D eigenvalue weighted by Crippen LogP contribution is -1.87. The normalized spacial score (nSPS) is 10.6. The second-order valence-electron chi connectivity index (χ2n) is 4.59. The van der Waals surface area contributed by atoms with Gasteiger partial charge in [-0.3, -0.25) is 0 Å². The van der Waals surface area contributed by atoms with Crippen LogP contribution in [0.25, 0.3) is 22.8 Å². The molecule has 0 saturated carbocycles. The molecule has 5 heteroatoms. The fourth-order valence-corrected chi connectivity index (χ4v) is 2.13. The Morgan fingerprint density at radius 1 is 1.05 bits per heavy atom. The van der Waals surface area contributed by atoms with Crippen molar-refractivity contribution in [3.63, 3.8) is 0 Å². The Labute approximate surface area is 121 Å². The van der Waals surface area contributed by atoms with Crippen LogP contribution in [0.5, 0.6) is 11.5 Å². The van der Waals surface area contributed by atoms with Gasteiger partial charge in [0, 0.05) is 5.56 Å². The van der Waals surface area contributed by atoms with Crippen LogP contribution >= 0.6 is 0 Å². The molecule has 0 fully saturated rings. The molecular formula is C16H14N2O3. The number of nitrogens with zero attached hydrogens (tertiary/aromatic N) is 2. The molecule has 0 aliphatic rings. The van der Waals surface area contributed by atoms with Crippen LogP contribution in [0.3, 0.4) is 0 Å². The Bertz CT molecular complexity index is 781. The number of hydrogen-bond acceptors (Lipinski definition) is 5. The summed E-state index contributed by atoms with van der Waals surface area (Å²) in [5.41, 5.74) is 2.40. The lowest BCUT2D eigenvalue weighted by Gasteiger charge is -2.04. The van der Waals surface area contributed by atoms with Gasteiger partial charge in [-0.15, -0.1) is 0 Å². The highest BCUT2D eigenvalue weighted by molar-refractivity contribution is 5.69. The van der Waals surface area contributed by atoms with Gasteiger partial charge in [0.2, 0.25) is 5.82 Å². The third kappa shape index (κ3) is 2.33. The van der Waals surface area contributed by atoms with Crippen LogP contribution in [0.15, 0.2) is 47.0 Å². The number of aryl methyl sites for hydroxylation is 1. The van der Waals surface area contributed by atoms with E-state index in [0.29, 0.717) is 17.1 Å². The minimum absolute atomic E-state index is 0.0139. The van der Waals surface area contributed by atoms with Crippen molar-refractivity contribution >= 4 is 0 Å². The zero-order chi connectivity index (χ0) is 14.8. The fourth-order valence-electron chi connectivity index (χ4n) is 2.13. The molecule has 2 aromatic carbocycles. The Morgan fingerprint density at radius 3 is 2.57 bits per heavy atom. The van der Waals surface area contributed by atoms with E-state index in [1.165, 1.54) is 7.11 Å². The predicted molar refractivity (Wildman–Crippen MR) is 78.1 cm³/mol. The number of phenolic OH excluding ortho intramolecular Hbond substituents is 1. The first-order valence-corrected chi connectivity index (χ1v) is 6.46. The van der Waals surface area contributed by atoms with Crippen molar-refractivity contribution in [3.05, 3.63) is 48.0 Å². The van der Waals surface area contributed by atoms with Gasteiger partial charge in [-0.1, -0.05) is 35.5 Å². The molecule has 5 nitrogen and oxygen atoms in total. The Morgan fingerprint density at radius 2 is 1.81 bits per heavy atom. The van der Waals surface area contributed by atoms with Gasteiger partial charge in [0.05, 0.1) is 12.7 Å². The molecule has 0 bridgehead atoms. The summed E-state index contributed by atoms with van der Waals surface area (Å²) in [5, 5.41) is 14.1. The van der Waals surface area contributed by atoms with Crippen molar-refractivity contribution in [2.24, 2.45) is 0 Å². The van der Waals surface area contributed by atoms with E-state index in [4.69, 9.17) is 9.26 Å². The van der Waals surface area contributed by atoms with Crippen molar-refractivity contribution in [2.45, 2.75) is 6.92 Å². The molecule has 1 N–H and O–H groups in total. The number of benzene rings is 2. The van der Waals surface area contributed by atoms with Crippen LogP contribution in [0.2, 0.25) is 0 Å². The van der Waals surface area contributed by atoms with E-state index in [2.05, 4.69) is 10.1 Å². The summed E-state index contributed by atoms with van der Waals surface area (Å²) in [7, 11) is 1.49. The van der Waals surface area contributed by atoms with Gasteiger partial charge in [-0.25, -0.2) is 0 Å². The first kappa shape index (κ1) is 13.2. The number of rotatable bonds is 3. The predicted octanol–water partition coefficient (Wildman–Crippen LogP) is 3.43. The SMILES string of the molecule is COc1cccc(-c2nc(-c3ccccc3C)no2)c1O. The number of phenols is 1. The van der Waals surface area contributed by atoms with E-state index in [9.17, 15) is 5.11 Å². The minimum atomic E-state index is -0.0139. The van der Waals surface area contributed by atoms with E-state index in [1.807, 2.05) is 31.2 Å². The van der Waals surface area contributed by atoms with Gasteiger partial charge in [0.1, 0.15) is 0 Å². The van der Waals surface area contributed by atoms with Crippen LogP contribution in [0.4, 0.5) is 0 Å². The lowest BCUT2D eigenvalue weighted by molar-refractivity contribution is 0.371. The maximum atomic E-state index is 10.1. The van der Waals surface area contributed by atoms with Gasteiger partial charge in [-0.2, -0.15) is 4.98 Å². The largest absolute Gasteiger partial charge is 0.504 e. The van der Waals surface area contributed by atoms with Crippen LogP contribution in [-0.2, 0) is 0 Å². The maximum absolute atomic E-state index is 10.1. The molecule has 106 valence electrons. The number of aromatic nitrogens is 2. The number of aromatic hydroxyl groups is 1. The molecule has 1 aromatic heterocycles. The molecule has 0 spiro atoms. The third-order valence-electron chi connectivity index (χ3n) is 3.26. The first-order valence-electron chi connectivity index (χ1n) is 6.46. The van der Waals surface area contributed by atoms with E-state index >= 15 is 0 Å². The summed E-state index contributed by atoms with van der Waals surface area (Å²) >= 11 is 0. The Kier molecular flexibility index (Phi) is 3.31. The molecule has 0 unspecified atom stereocenters.